The van der Waals surface area contributed by atoms with Crippen LogP contribution < -0.4 is 4.74 Å². The zero-order chi connectivity index (χ0) is 21.7. The van der Waals surface area contributed by atoms with Gasteiger partial charge >= 0.3 is 0 Å². The third kappa shape index (κ3) is 5.33. The molecule has 0 aliphatic carbocycles. The molecule has 0 bridgehead atoms. The van der Waals surface area contributed by atoms with E-state index in [-0.39, 0.29) is 5.78 Å². The third-order valence-corrected chi connectivity index (χ3v) is 6.21. The molecule has 1 aromatic carbocycles. The molecule has 2 heterocycles. The van der Waals surface area contributed by atoms with Crippen molar-refractivity contribution in [3.05, 3.63) is 59.2 Å². The van der Waals surface area contributed by atoms with Gasteiger partial charge in [-0.15, -0.1) is 10.2 Å². The standard InChI is InChI=1S/C23H30N4O2S/c1-16(2)11-12-27-22(14-29-19-9-7-6-8-10-19)24-25-23(27)30-15-21(28)20-13-17(3)26(5)18(20)4/h6-10,13,16H,11-12,14-15H2,1-5H3. The molecule has 0 fully saturated rings. The van der Waals surface area contributed by atoms with Gasteiger partial charge in [-0.05, 0) is 44.4 Å². The summed E-state index contributed by atoms with van der Waals surface area (Å²) in [6.45, 7) is 9.54. The Bertz CT molecular complexity index is 992. The van der Waals surface area contributed by atoms with Crippen molar-refractivity contribution in [3.63, 3.8) is 0 Å². The summed E-state index contributed by atoms with van der Waals surface area (Å²) in [5.41, 5.74) is 2.86. The van der Waals surface area contributed by atoms with Crippen LogP contribution in [0.25, 0.3) is 0 Å². The number of nitrogens with zero attached hydrogens (tertiary/aromatic N) is 4. The monoisotopic (exact) mass is 426 g/mol. The van der Waals surface area contributed by atoms with Gasteiger partial charge in [-0.25, -0.2) is 0 Å². The van der Waals surface area contributed by atoms with Crippen LogP contribution in [0.3, 0.4) is 0 Å². The number of ketones is 1. The van der Waals surface area contributed by atoms with E-state index in [2.05, 4.69) is 28.6 Å². The molecule has 0 spiro atoms. The van der Waals surface area contributed by atoms with E-state index in [0.29, 0.717) is 18.3 Å². The largest absolute Gasteiger partial charge is 0.486 e. The van der Waals surface area contributed by atoms with Crippen molar-refractivity contribution in [2.75, 3.05) is 5.75 Å². The lowest BCUT2D eigenvalue weighted by Gasteiger charge is -2.12. The number of para-hydroxylation sites is 1. The fourth-order valence-electron chi connectivity index (χ4n) is 3.15. The van der Waals surface area contributed by atoms with Crippen molar-refractivity contribution in [2.45, 2.75) is 52.4 Å². The summed E-state index contributed by atoms with van der Waals surface area (Å²) in [7, 11) is 1.98. The lowest BCUT2D eigenvalue weighted by molar-refractivity contribution is 0.102. The van der Waals surface area contributed by atoms with Crippen LogP contribution in [0.4, 0.5) is 0 Å². The van der Waals surface area contributed by atoms with E-state index in [1.807, 2.05) is 61.9 Å². The van der Waals surface area contributed by atoms with Crippen LogP contribution in [0.2, 0.25) is 0 Å². The lowest BCUT2D eigenvalue weighted by Crippen LogP contribution is -2.11. The van der Waals surface area contributed by atoms with Crippen molar-refractivity contribution < 1.29 is 9.53 Å². The maximum Gasteiger partial charge on any atom is 0.191 e. The molecule has 0 radical (unpaired) electrons. The SMILES string of the molecule is Cc1cc(C(=O)CSc2nnc(COc3ccccc3)n2CCC(C)C)c(C)n1C. The predicted molar refractivity (Wildman–Crippen MR) is 120 cm³/mol. The maximum atomic E-state index is 12.8. The van der Waals surface area contributed by atoms with E-state index >= 15 is 0 Å². The Hall–Kier alpha value is -2.54. The van der Waals surface area contributed by atoms with Gasteiger partial charge in [0.15, 0.2) is 16.8 Å². The van der Waals surface area contributed by atoms with Crippen LogP contribution in [0.5, 0.6) is 5.75 Å². The summed E-state index contributed by atoms with van der Waals surface area (Å²) in [4.78, 5) is 12.8. The molecule has 0 unspecified atom stereocenters. The molecule has 0 aliphatic rings. The van der Waals surface area contributed by atoms with Crippen LogP contribution in [0.1, 0.15) is 47.8 Å². The number of carbonyl (C=O) groups excluding carboxylic acids is 1. The third-order valence-electron chi connectivity index (χ3n) is 5.24. The van der Waals surface area contributed by atoms with E-state index in [0.717, 1.165) is 46.6 Å². The number of ether oxygens (including phenoxy) is 1. The van der Waals surface area contributed by atoms with Crippen molar-refractivity contribution in [1.29, 1.82) is 0 Å². The number of aryl methyl sites for hydroxylation is 1. The van der Waals surface area contributed by atoms with E-state index in [4.69, 9.17) is 4.74 Å². The molecule has 0 saturated heterocycles. The summed E-state index contributed by atoms with van der Waals surface area (Å²) in [5, 5.41) is 9.47. The molecule has 3 rings (SSSR count). The number of hydrogen-bond acceptors (Lipinski definition) is 5. The first-order chi connectivity index (χ1) is 14.4. The first-order valence-corrected chi connectivity index (χ1v) is 11.2. The highest BCUT2D eigenvalue weighted by molar-refractivity contribution is 7.99. The zero-order valence-electron chi connectivity index (χ0n) is 18.4. The molecule has 6 nitrogen and oxygen atoms in total. The van der Waals surface area contributed by atoms with Crippen molar-refractivity contribution >= 4 is 17.5 Å². The van der Waals surface area contributed by atoms with Gasteiger partial charge < -0.3 is 13.9 Å². The van der Waals surface area contributed by atoms with Gasteiger partial charge in [-0.3, -0.25) is 4.79 Å². The average Bonchev–Trinajstić information content (AvgIpc) is 3.25. The van der Waals surface area contributed by atoms with E-state index in [1.165, 1.54) is 11.8 Å². The van der Waals surface area contributed by atoms with E-state index < -0.39 is 0 Å². The van der Waals surface area contributed by atoms with Gasteiger partial charge in [0.2, 0.25) is 0 Å². The van der Waals surface area contributed by atoms with Crippen LogP contribution in [-0.4, -0.2) is 30.9 Å². The number of Topliss-reactive ketones (excluding diaryl/α,β-unsaturated/α-hetero) is 1. The van der Waals surface area contributed by atoms with Crippen LogP contribution in [0.15, 0.2) is 41.6 Å². The average molecular weight is 427 g/mol. The number of thioether (sulfide) groups is 1. The summed E-state index contributed by atoms with van der Waals surface area (Å²) < 4.78 is 10.0. The number of benzene rings is 1. The molecule has 0 saturated carbocycles. The molecule has 0 amide bonds. The molecule has 0 atom stereocenters. The first kappa shape index (κ1) is 22.2. The first-order valence-electron chi connectivity index (χ1n) is 10.3. The smallest absolute Gasteiger partial charge is 0.191 e. The molecule has 7 heteroatoms. The molecule has 0 aliphatic heterocycles. The Morgan fingerprint density at radius 3 is 2.53 bits per heavy atom. The van der Waals surface area contributed by atoms with Crippen molar-refractivity contribution in [2.24, 2.45) is 13.0 Å². The highest BCUT2D eigenvalue weighted by Crippen LogP contribution is 2.23. The van der Waals surface area contributed by atoms with Crippen molar-refractivity contribution in [1.82, 2.24) is 19.3 Å². The molecular weight excluding hydrogens is 396 g/mol. The van der Waals surface area contributed by atoms with E-state index in [9.17, 15) is 4.79 Å². The quantitative estimate of drug-likeness (QED) is 0.343. The van der Waals surface area contributed by atoms with Gasteiger partial charge in [0, 0.05) is 30.5 Å². The van der Waals surface area contributed by atoms with Crippen molar-refractivity contribution in [3.8, 4) is 5.75 Å². The summed E-state index contributed by atoms with van der Waals surface area (Å²) in [6, 6.07) is 11.7. The minimum atomic E-state index is 0.113. The minimum absolute atomic E-state index is 0.113. The lowest BCUT2D eigenvalue weighted by atomic mass is 10.1. The number of aromatic nitrogens is 4. The fraction of sp³-hybridized carbons (Fsp3) is 0.435. The van der Waals surface area contributed by atoms with E-state index in [1.54, 1.807) is 0 Å². The number of rotatable bonds is 10. The van der Waals surface area contributed by atoms with Crippen LogP contribution in [-0.2, 0) is 20.2 Å². The molecule has 3 aromatic rings. The Morgan fingerprint density at radius 1 is 1.17 bits per heavy atom. The van der Waals surface area contributed by atoms with Gasteiger partial charge in [0.05, 0.1) is 5.75 Å². The Balaban J connectivity index is 1.71. The molecule has 2 aromatic heterocycles. The van der Waals surface area contributed by atoms with Gasteiger partial charge in [-0.1, -0.05) is 43.8 Å². The zero-order valence-corrected chi connectivity index (χ0v) is 19.2. The molecule has 160 valence electrons. The van der Waals surface area contributed by atoms with Gasteiger partial charge in [0.1, 0.15) is 12.4 Å². The Kier molecular flexibility index (Phi) is 7.37. The highest BCUT2D eigenvalue weighted by Gasteiger charge is 2.18. The Labute approximate surface area is 182 Å². The second kappa shape index (κ2) is 9.98. The summed E-state index contributed by atoms with van der Waals surface area (Å²) >= 11 is 1.44. The topological polar surface area (TPSA) is 61.9 Å². The summed E-state index contributed by atoms with van der Waals surface area (Å²) in [6.07, 6.45) is 1.01. The van der Waals surface area contributed by atoms with Crippen LogP contribution >= 0.6 is 11.8 Å². The maximum absolute atomic E-state index is 12.8. The number of carbonyl (C=O) groups is 1. The van der Waals surface area contributed by atoms with Gasteiger partial charge in [-0.2, -0.15) is 0 Å². The second-order valence-electron chi connectivity index (χ2n) is 7.89. The molecule has 30 heavy (non-hydrogen) atoms. The molecular formula is C23H30N4O2S. The second-order valence-corrected chi connectivity index (χ2v) is 8.83. The highest BCUT2D eigenvalue weighted by atomic mass is 32.2. The fourth-order valence-corrected chi connectivity index (χ4v) is 4.02. The number of hydrogen-bond donors (Lipinski definition) is 0. The minimum Gasteiger partial charge on any atom is -0.486 e. The Morgan fingerprint density at radius 2 is 1.90 bits per heavy atom. The normalized spacial score (nSPS) is 11.3. The van der Waals surface area contributed by atoms with Crippen LogP contribution in [0, 0.1) is 19.8 Å². The predicted octanol–water partition coefficient (Wildman–Crippen LogP) is 4.83. The summed E-state index contributed by atoms with van der Waals surface area (Å²) in [5.74, 6) is 2.59. The van der Waals surface area contributed by atoms with Gasteiger partial charge in [0.25, 0.3) is 0 Å². The molecule has 0 N–H and O–H groups in total.